The molecule has 0 fully saturated rings. The molecular weight excluding hydrogens is 241 g/mol. The second-order valence-electron chi connectivity index (χ2n) is 4.03. The number of nitrogens with one attached hydrogen (secondary N) is 1. The predicted molar refractivity (Wildman–Crippen MR) is 61.1 cm³/mol. The number of benzene rings is 1. The number of aromatic nitrogens is 2. The summed E-state index contributed by atoms with van der Waals surface area (Å²) >= 11 is 0. The fourth-order valence-electron chi connectivity index (χ4n) is 1.73. The highest BCUT2D eigenvalue weighted by atomic mass is 19.4. The lowest BCUT2D eigenvalue weighted by Gasteiger charge is -2.07. The van der Waals surface area contributed by atoms with Gasteiger partial charge in [-0.25, -0.2) is 0 Å². The molecule has 1 aromatic heterocycles. The van der Waals surface area contributed by atoms with Crippen molar-refractivity contribution in [2.75, 3.05) is 0 Å². The molecule has 2 aromatic rings. The van der Waals surface area contributed by atoms with Gasteiger partial charge in [0.1, 0.15) is 11.9 Å². The van der Waals surface area contributed by atoms with Crippen molar-refractivity contribution < 1.29 is 13.2 Å². The van der Waals surface area contributed by atoms with Crippen LogP contribution in [0.1, 0.15) is 29.3 Å². The number of hydrogen-bond donors (Lipinski definition) is 1. The van der Waals surface area contributed by atoms with Gasteiger partial charge in [0, 0.05) is 12.0 Å². The van der Waals surface area contributed by atoms with Crippen molar-refractivity contribution in [3.8, 4) is 0 Å². The summed E-state index contributed by atoms with van der Waals surface area (Å²) in [5.41, 5.74) is 1.20. The zero-order chi connectivity index (χ0) is 13.2. The molecular formula is C13H12F3N2. The van der Waals surface area contributed by atoms with Gasteiger partial charge >= 0.3 is 6.18 Å². The van der Waals surface area contributed by atoms with Crippen LogP contribution in [0.15, 0.2) is 24.3 Å². The monoisotopic (exact) mass is 253 g/mol. The van der Waals surface area contributed by atoms with E-state index in [4.69, 9.17) is 0 Å². The third-order valence-corrected chi connectivity index (χ3v) is 2.76. The summed E-state index contributed by atoms with van der Waals surface area (Å²) in [7, 11) is 0. The van der Waals surface area contributed by atoms with Crippen LogP contribution in [0, 0.1) is 6.20 Å². The van der Waals surface area contributed by atoms with Crippen LogP contribution in [0.25, 0.3) is 0 Å². The molecule has 0 aliphatic heterocycles. The first-order valence-electron chi connectivity index (χ1n) is 5.60. The molecule has 0 bridgehead atoms. The molecule has 1 heterocycles. The number of aryl methyl sites for hydroxylation is 1. The average molecular weight is 253 g/mol. The van der Waals surface area contributed by atoms with Crippen molar-refractivity contribution in [2.24, 2.45) is 0 Å². The quantitative estimate of drug-likeness (QED) is 0.892. The Labute approximate surface area is 103 Å². The molecule has 0 spiro atoms. The van der Waals surface area contributed by atoms with Crippen LogP contribution in [-0.2, 0) is 19.0 Å². The summed E-state index contributed by atoms with van der Waals surface area (Å²) in [5, 5.41) is 5.31. The molecule has 0 saturated carbocycles. The van der Waals surface area contributed by atoms with Crippen LogP contribution in [0.4, 0.5) is 13.2 Å². The van der Waals surface area contributed by atoms with E-state index in [1.165, 1.54) is 0 Å². The van der Waals surface area contributed by atoms with E-state index in [-0.39, 0.29) is 12.0 Å². The Morgan fingerprint density at radius 2 is 1.78 bits per heavy atom. The van der Waals surface area contributed by atoms with Gasteiger partial charge in [-0.05, 0) is 17.5 Å². The highest BCUT2D eigenvalue weighted by Crippen LogP contribution is 2.30. The molecule has 0 amide bonds. The predicted octanol–water partition coefficient (Wildman–Crippen LogP) is 3.38. The lowest BCUT2D eigenvalue weighted by atomic mass is 10.0. The van der Waals surface area contributed by atoms with E-state index in [0.29, 0.717) is 0 Å². The molecule has 0 aliphatic rings. The van der Waals surface area contributed by atoms with E-state index in [1.807, 2.05) is 36.3 Å². The Morgan fingerprint density at radius 3 is 2.33 bits per heavy atom. The largest absolute Gasteiger partial charge is 0.433 e. The normalized spacial score (nSPS) is 11.8. The second-order valence-corrected chi connectivity index (χ2v) is 4.03. The molecule has 1 N–H and O–H groups in total. The zero-order valence-corrected chi connectivity index (χ0v) is 9.80. The van der Waals surface area contributed by atoms with Crippen LogP contribution < -0.4 is 0 Å². The third kappa shape index (κ3) is 2.72. The van der Waals surface area contributed by atoms with Crippen LogP contribution >= 0.6 is 0 Å². The molecule has 0 atom stereocenters. The SMILES string of the molecule is CCc1ccc(Cc2[c]n[nH]c2C(F)(F)F)cc1. The summed E-state index contributed by atoms with van der Waals surface area (Å²) in [5.74, 6) is 0. The first kappa shape index (κ1) is 12.7. The van der Waals surface area contributed by atoms with Gasteiger partial charge in [0.15, 0.2) is 0 Å². The Morgan fingerprint density at radius 1 is 1.17 bits per heavy atom. The number of H-pyrrole nitrogens is 1. The third-order valence-electron chi connectivity index (χ3n) is 2.76. The molecule has 0 saturated heterocycles. The average Bonchev–Trinajstić information content (AvgIpc) is 2.78. The number of nitrogens with zero attached hydrogens (tertiary/aromatic N) is 1. The summed E-state index contributed by atoms with van der Waals surface area (Å²) < 4.78 is 37.8. The summed E-state index contributed by atoms with van der Waals surface area (Å²) in [4.78, 5) is 0. The summed E-state index contributed by atoms with van der Waals surface area (Å²) in [6.07, 6.45) is -0.963. The number of hydrogen-bond acceptors (Lipinski definition) is 1. The van der Waals surface area contributed by atoms with Gasteiger partial charge in [-0.3, -0.25) is 5.10 Å². The van der Waals surface area contributed by atoms with Gasteiger partial charge in [0.2, 0.25) is 0 Å². The van der Waals surface area contributed by atoms with Crippen molar-refractivity contribution in [3.63, 3.8) is 0 Å². The minimum Gasteiger partial charge on any atom is -0.273 e. The molecule has 1 aromatic carbocycles. The molecule has 18 heavy (non-hydrogen) atoms. The van der Waals surface area contributed by atoms with Crippen molar-refractivity contribution >= 4 is 0 Å². The topological polar surface area (TPSA) is 28.7 Å². The van der Waals surface area contributed by atoms with Gasteiger partial charge in [-0.1, -0.05) is 31.2 Å². The van der Waals surface area contributed by atoms with E-state index >= 15 is 0 Å². The minimum absolute atomic E-state index is 0.0479. The minimum atomic E-state index is -4.41. The van der Waals surface area contributed by atoms with Gasteiger partial charge in [0.25, 0.3) is 0 Å². The van der Waals surface area contributed by atoms with E-state index in [2.05, 4.69) is 11.3 Å². The van der Waals surface area contributed by atoms with Gasteiger partial charge < -0.3 is 0 Å². The van der Waals surface area contributed by atoms with E-state index in [1.54, 1.807) is 0 Å². The summed E-state index contributed by atoms with van der Waals surface area (Å²) in [6, 6.07) is 7.50. The maximum absolute atomic E-state index is 12.6. The van der Waals surface area contributed by atoms with Crippen molar-refractivity contribution in [3.05, 3.63) is 52.8 Å². The Bertz CT molecular complexity index is 512. The number of halogens is 3. The van der Waals surface area contributed by atoms with Crippen molar-refractivity contribution in [1.29, 1.82) is 0 Å². The van der Waals surface area contributed by atoms with Crippen molar-refractivity contribution in [1.82, 2.24) is 10.2 Å². The Kier molecular flexibility index (Phi) is 3.41. The molecule has 1 radical (unpaired) electrons. The second kappa shape index (κ2) is 4.84. The molecule has 0 aliphatic carbocycles. The van der Waals surface area contributed by atoms with Gasteiger partial charge in [-0.2, -0.15) is 18.3 Å². The van der Waals surface area contributed by atoms with Crippen LogP contribution in [-0.4, -0.2) is 10.2 Å². The Balaban J connectivity index is 2.21. The highest BCUT2D eigenvalue weighted by Gasteiger charge is 2.35. The van der Waals surface area contributed by atoms with E-state index in [9.17, 15) is 13.2 Å². The first-order chi connectivity index (χ1) is 8.50. The van der Waals surface area contributed by atoms with E-state index < -0.39 is 11.9 Å². The van der Waals surface area contributed by atoms with Gasteiger partial charge in [-0.15, -0.1) is 0 Å². The molecule has 95 valence electrons. The zero-order valence-electron chi connectivity index (χ0n) is 9.80. The smallest absolute Gasteiger partial charge is 0.273 e. The maximum atomic E-state index is 12.6. The van der Waals surface area contributed by atoms with Crippen LogP contribution in [0.3, 0.4) is 0 Å². The maximum Gasteiger partial charge on any atom is 0.433 e. The number of alkyl halides is 3. The Hall–Kier alpha value is -1.78. The van der Waals surface area contributed by atoms with E-state index in [0.717, 1.165) is 17.5 Å². The molecule has 5 heteroatoms. The number of rotatable bonds is 3. The van der Waals surface area contributed by atoms with Crippen LogP contribution in [0.2, 0.25) is 0 Å². The van der Waals surface area contributed by atoms with Crippen LogP contribution in [0.5, 0.6) is 0 Å². The fraction of sp³-hybridized carbons (Fsp3) is 0.308. The van der Waals surface area contributed by atoms with Crippen molar-refractivity contribution in [2.45, 2.75) is 25.9 Å². The van der Waals surface area contributed by atoms with Gasteiger partial charge in [0.05, 0.1) is 0 Å². The standard InChI is InChI=1S/C13H12F3N2/c1-2-9-3-5-10(6-4-9)7-11-8-17-18-12(11)13(14,15)16/h3-6H,2,7H2,1H3,(H,17,18). The molecule has 0 unspecified atom stereocenters. The highest BCUT2D eigenvalue weighted by molar-refractivity contribution is 5.30. The summed E-state index contributed by atoms with van der Waals surface area (Å²) in [6.45, 7) is 2.03. The number of aromatic amines is 1. The lowest BCUT2D eigenvalue weighted by Crippen LogP contribution is -2.09. The lowest BCUT2D eigenvalue weighted by molar-refractivity contribution is -0.141. The fourth-order valence-corrected chi connectivity index (χ4v) is 1.73. The molecule has 2 nitrogen and oxygen atoms in total. The first-order valence-corrected chi connectivity index (χ1v) is 5.60. The molecule has 2 rings (SSSR count).